The highest BCUT2D eigenvalue weighted by Crippen LogP contribution is 2.45. The van der Waals surface area contributed by atoms with E-state index in [1.165, 1.54) is 0 Å². The minimum absolute atomic E-state index is 0.0122. The maximum absolute atomic E-state index is 13.3. The standard InChI is InChI=1S/C21H26BrN5O2/c1-14-7-10-27(24-14)15(2)19(28)25(3)17-12-26(13-17)20(29)21(8-4-9-21)18-6-5-16(22)11-23-18/h5-7,10-11,15,17H,4,8-9,12-13H2,1-3H3. The second-order valence-electron chi connectivity index (χ2n) is 8.22. The average Bonchev–Trinajstić information content (AvgIpc) is 3.06. The highest BCUT2D eigenvalue weighted by molar-refractivity contribution is 9.10. The monoisotopic (exact) mass is 459 g/mol. The summed E-state index contributed by atoms with van der Waals surface area (Å²) in [4.78, 5) is 34.2. The number of carbonyl (C=O) groups is 2. The molecule has 8 heteroatoms. The Morgan fingerprint density at radius 2 is 2.00 bits per heavy atom. The SMILES string of the molecule is Cc1ccn(C(C)C(=O)N(C)C2CN(C(=O)C3(c4ccc(Br)cn4)CCC3)C2)n1. The molecule has 2 fully saturated rings. The third-order valence-corrected chi connectivity index (χ3v) is 6.84. The number of nitrogens with zero attached hydrogens (tertiary/aromatic N) is 5. The molecule has 1 unspecified atom stereocenters. The summed E-state index contributed by atoms with van der Waals surface area (Å²) in [6, 6.07) is 5.46. The van der Waals surface area contributed by atoms with Gasteiger partial charge in [-0.25, -0.2) is 0 Å². The van der Waals surface area contributed by atoms with E-state index >= 15 is 0 Å². The molecule has 0 radical (unpaired) electrons. The topological polar surface area (TPSA) is 71.3 Å². The Kier molecular flexibility index (Phi) is 5.23. The van der Waals surface area contributed by atoms with Gasteiger partial charge in [-0.05, 0) is 60.8 Å². The second kappa shape index (κ2) is 7.55. The fourth-order valence-electron chi connectivity index (χ4n) is 4.17. The van der Waals surface area contributed by atoms with Crippen LogP contribution in [0.15, 0.2) is 35.1 Å². The van der Waals surface area contributed by atoms with Gasteiger partial charge in [-0.2, -0.15) is 5.10 Å². The van der Waals surface area contributed by atoms with E-state index in [0.29, 0.717) is 13.1 Å². The van der Waals surface area contributed by atoms with Crippen molar-refractivity contribution in [2.75, 3.05) is 20.1 Å². The molecule has 2 aliphatic rings. The van der Waals surface area contributed by atoms with Gasteiger partial charge >= 0.3 is 0 Å². The third kappa shape index (κ3) is 3.47. The Hall–Kier alpha value is -2.22. The smallest absolute Gasteiger partial charge is 0.247 e. The van der Waals surface area contributed by atoms with Gasteiger partial charge in [0.05, 0.1) is 22.8 Å². The molecule has 1 aliphatic heterocycles. The molecule has 4 rings (SSSR count). The van der Waals surface area contributed by atoms with Crippen LogP contribution >= 0.6 is 15.9 Å². The molecule has 1 atom stereocenters. The van der Waals surface area contributed by atoms with Crippen molar-refractivity contribution >= 4 is 27.7 Å². The molecule has 0 spiro atoms. The first-order valence-electron chi connectivity index (χ1n) is 10.0. The zero-order valence-corrected chi connectivity index (χ0v) is 18.6. The van der Waals surface area contributed by atoms with E-state index in [0.717, 1.165) is 35.1 Å². The Balaban J connectivity index is 1.39. The number of halogens is 1. The number of amides is 2. The van der Waals surface area contributed by atoms with Crippen molar-refractivity contribution in [1.29, 1.82) is 0 Å². The summed E-state index contributed by atoms with van der Waals surface area (Å²) in [5.74, 6) is 0.157. The van der Waals surface area contributed by atoms with Gasteiger partial charge in [0.15, 0.2) is 0 Å². The predicted octanol–water partition coefficient (Wildman–Crippen LogP) is 2.70. The zero-order chi connectivity index (χ0) is 20.8. The molecule has 1 saturated heterocycles. The van der Waals surface area contributed by atoms with E-state index in [4.69, 9.17) is 0 Å². The summed E-state index contributed by atoms with van der Waals surface area (Å²) in [6.07, 6.45) is 6.30. The molecular weight excluding hydrogens is 434 g/mol. The highest BCUT2D eigenvalue weighted by Gasteiger charge is 2.51. The van der Waals surface area contributed by atoms with Crippen LogP contribution in [0.4, 0.5) is 0 Å². The van der Waals surface area contributed by atoms with Gasteiger partial charge in [-0.15, -0.1) is 0 Å². The molecule has 0 aromatic carbocycles. The van der Waals surface area contributed by atoms with E-state index in [1.54, 1.807) is 15.8 Å². The Labute approximate surface area is 179 Å². The Morgan fingerprint density at radius 1 is 1.28 bits per heavy atom. The lowest BCUT2D eigenvalue weighted by atomic mass is 9.65. The van der Waals surface area contributed by atoms with E-state index in [1.807, 2.05) is 50.2 Å². The number of aryl methyl sites for hydroxylation is 1. The number of likely N-dealkylation sites (tertiary alicyclic amines) is 1. The van der Waals surface area contributed by atoms with Gasteiger partial charge in [0.2, 0.25) is 11.8 Å². The molecule has 1 saturated carbocycles. The van der Waals surface area contributed by atoms with Gasteiger partial charge in [0.1, 0.15) is 6.04 Å². The third-order valence-electron chi connectivity index (χ3n) is 6.37. The number of hydrogen-bond acceptors (Lipinski definition) is 4. The summed E-state index contributed by atoms with van der Waals surface area (Å²) in [6.45, 7) is 4.91. The van der Waals surface area contributed by atoms with Crippen molar-refractivity contribution in [3.8, 4) is 0 Å². The van der Waals surface area contributed by atoms with Gasteiger partial charge in [-0.3, -0.25) is 19.3 Å². The fourth-order valence-corrected chi connectivity index (χ4v) is 4.41. The van der Waals surface area contributed by atoms with Crippen LogP contribution in [0.3, 0.4) is 0 Å². The molecule has 154 valence electrons. The summed E-state index contributed by atoms with van der Waals surface area (Å²) in [5, 5.41) is 4.35. The maximum Gasteiger partial charge on any atom is 0.247 e. The van der Waals surface area contributed by atoms with E-state index in [2.05, 4.69) is 26.0 Å². The highest BCUT2D eigenvalue weighted by atomic mass is 79.9. The van der Waals surface area contributed by atoms with Crippen LogP contribution in [0.2, 0.25) is 0 Å². The number of aromatic nitrogens is 3. The van der Waals surface area contributed by atoms with Crippen molar-refractivity contribution in [1.82, 2.24) is 24.6 Å². The van der Waals surface area contributed by atoms with Crippen molar-refractivity contribution in [2.24, 2.45) is 0 Å². The van der Waals surface area contributed by atoms with Crippen molar-refractivity contribution < 1.29 is 9.59 Å². The summed E-state index contributed by atoms with van der Waals surface area (Å²) >= 11 is 3.41. The lowest BCUT2D eigenvalue weighted by molar-refractivity contribution is -0.153. The molecule has 7 nitrogen and oxygen atoms in total. The average molecular weight is 460 g/mol. The second-order valence-corrected chi connectivity index (χ2v) is 9.14. The van der Waals surface area contributed by atoms with Gasteiger partial charge < -0.3 is 9.80 Å². The minimum Gasteiger partial charge on any atom is -0.338 e. The first-order valence-corrected chi connectivity index (χ1v) is 10.8. The van der Waals surface area contributed by atoms with Gasteiger partial charge in [0, 0.05) is 37.0 Å². The first kappa shape index (κ1) is 20.1. The molecule has 2 amide bonds. The Bertz CT molecular complexity index is 915. The van der Waals surface area contributed by atoms with Crippen molar-refractivity contribution in [3.05, 3.63) is 46.5 Å². The first-order chi connectivity index (χ1) is 13.8. The summed E-state index contributed by atoms with van der Waals surface area (Å²) in [5.41, 5.74) is 1.25. The molecule has 2 aromatic rings. The largest absolute Gasteiger partial charge is 0.338 e. The minimum atomic E-state index is -0.492. The van der Waals surface area contributed by atoms with Crippen molar-refractivity contribution in [2.45, 2.75) is 50.6 Å². The summed E-state index contributed by atoms with van der Waals surface area (Å²) in [7, 11) is 1.82. The predicted molar refractivity (Wildman–Crippen MR) is 112 cm³/mol. The summed E-state index contributed by atoms with van der Waals surface area (Å²) < 4.78 is 2.60. The van der Waals surface area contributed by atoms with Crippen LogP contribution in [0, 0.1) is 6.92 Å². The molecule has 0 bridgehead atoms. The molecule has 1 aliphatic carbocycles. The molecular formula is C21H26BrN5O2. The van der Waals surface area contributed by atoms with Crippen molar-refractivity contribution in [3.63, 3.8) is 0 Å². The lowest BCUT2D eigenvalue weighted by Crippen LogP contribution is -2.65. The maximum atomic E-state index is 13.3. The number of likely N-dealkylation sites (N-methyl/N-ethyl adjacent to an activating group) is 1. The normalized spacial score (nSPS) is 19.2. The van der Waals surface area contributed by atoms with Gasteiger partial charge in [-0.1, -0.05) is 6.42 Å². The van der Waals surface area contributed by atoms with Crippen LogP contribution in [0.5, 0.6) is 0 Å². The van der Waals surface area contributed by atoms with Crippen LogP contribution in [0.1, 0.15) is 43.6 Å². The quantitative estimate of drug-likeness (QED) is 0.688. The van der Waals surface area contributed by atoms with Gasteiger partial charge in [0.25, 0.3) is 0 Å². The lowest BCUT2D eigenvalue weighted by Gasteiger charge is -2.50. The van der Waals surface area contributed by atoms with Crippen LogP contribution in [-0.2, 0) is 15.0 Å². The van der Waals surface area contributed by atoms with Crippen LogP contribution < -0.4 is 0 Å². The number of rotatable bonds is 5. The fraction of sp³-hybridized carbons (Fsp3) is 0.524. The number of hydrogen-bond donors (Lipinski definition) is 0. The van der Waals surface area contributed by atoms with Crippen LogP contribution in [0.25, 0.3) is 0 Å². The molecule has 2 aromatic heterocycles. The molecule has 0 N–H and O–H groups in total. The van der Waals surface area contributed by atoms with E-state index in [9.17, 15) is 9.59 Å². The molecule has 29 heavy (non-hydrogen) atoms. The van der Waals surface area contributed by atoms with E-state index in [-0.39, 0.29) is 23.9 Å². The Morgan fingerprint density at radius 3 is 2.52 bits per heavy atom. The van der Waals surface area contributed by atoms with Crippen LogP contribution in [-0.4, -0.2) is 62.6 Å². The zero-order valence-electron chi connectivity index (χ0n) is 17.0. The molecule has 3 heterocycles. The number of pyridine rings is 1. The number of carbonyl (C=O) groups excluding carboxylic acids is 2. The van der Waals surface area contributed by atoms with E-state index < -0.39 is 5.41 Å².